The first-order valence-electron chi connectivity index (χ1n) is 5.79. The summed E-state index contributed by atoms with van der Waals surface area (Å²) in [6.07, 6.45) is 5.29. The van der Waals surface area contributed by atoms with Crippen LogP contribution in [0, 0.1) is 0 Å². The van der Waals surface area contributed by atoms with Crippen molar-refractivity contribution in [3.05, 3.63) is 0 Å². The highest BCUT2D eigenvalue weighted by Crippen LogP contribution is 2.20. The number of nitrogens with zero attached hydrogens (tertiary/aromatic N) is 1. The van der Waals surface area contributed by atoms with E-state index in [2.05, 4.69) is 15.9 Å². The second kappa shape index (κ2) is 5.30. The molecule has 0 spiro atoms. The van der Waals surface area contributed by atoms with Crippen molar-refractivity contribution in [2.24, 2.45) is 0 Å². The van der Waals surface area contributed by atoms with Gasteiger partial charge >= 0.3 is 0 Å². The molecule has 0 aliphatic carbocycles. The molecule has 0 radical (unpaired) electrons. The van der Waals surface area contributed by atoms with Gasteiger partial charge in [-0.15, -0.1) is 0 Å². The van der Waals surface area contributed by atoms with Crippen LogP contribution in [-0.4, -0.2) is 41.4 Å². The standard InChI is InChI=1S/C11H18BrNO2/c12-9-5-6-13(8-9)11(14)4-3-10-2-1-7-15-10/h9-10H,1-8H2. The van der Waals surface area contributed by atoms with Gasteiger partial charge in [-0.1, -0.05) is 15.9 Å². The highest BCUT2D eigenvalue weighted by atomic mass is 79.9. The Balaban J connectivity index is 1.67. The summed E-state index contributed by atoms with van der Waals surface area (Å²) in [4.78, 5) is 14.3. The lowest BCUT2D eigenvalue weighted by atomic mass is 10.1. The van der Waals surface area contributed by atoms with Gasteiger partial charge in [-0.3, -0.25) is 4.79 Å². The maximum atomic E-state index is 11.8. The Hall–Kier alpha value is -0.0900. The van der Waals surface area contributed by atoms with Gasteiger partial charge in [0.25, 0.3) is 0 Å². The number of ether oxygens (including phenoxy) is 1. The van der Waals surface area contributed by atoms with Crippen LogP contribution in [0.25, 0.3) is 0 Å². The molecule has 2 saturated heterocycles. The number of likely N-dealkylation sites (tertiary alicyclic amines) is 1. The maximum absolute atomic E-state index is 11.8. The van der Waals surface area contributed by atoms with Gasteiger partial charge in [-0.25, -0.2) is 0 Å². The molecule has 0 bridgehead atoms. The van der Waals surface area contributed by atoms with Crippen molar-refractivity contribution in [1.29, 1.82) is 0 Å². The minimum absolute atomic E-state index is 0.299. The molecule has 2 heterocycles. The van der Waals surface area contributed by atoms with Crippen LogP contribution in [0.4, 0.5) is 0 Å². The van der Waals surface area contributed by atoms with E-state index in [9.17, 15) is 4.79 Å². The molecule has 86 valence electrons. The van der Waals surface area contributed by atoms with Gasteiger partial charge in [-0.05, 0) is 25.7 Å². The second-order valence-electron chi connectivity index (χ2n) is 4.40. The van der Waals surface area contributed by atoms with Crippen LogP contribution in [0.2, 0.25) is 0 Å². The molecule has 1 amide bonds. The Labute approximate surface area is 99.3 Å². The van der Waals surface area contributed by atoms with Crippen LogP contribution in [-0.2, 0) is 9.53 Å². The number of amides is 1. The van der Waals surface area contributed by atoms with E-state index in [0.717, 1.165) is 45.4 Å². The molecular formula is C11H18BrNO2. The largest absolute Gasteiger partial charge is 0.378 e. The van der Waals surface area contributed by atoms with Crippen molar-refractivity contribution in [1.82, 2.24) is 4.90 Å². The normalized spacial score (nSPS) is 31.1. The molecule has 15 heavy (non-hydrogen) atoms. The van der Waals surface area contributed by atoms with Gasteiger partial charge in [0, 0.05) is 30.9 Å². The molecular weight excluding hydrogens is 258 g/mol. The van der Waals surface area contributed by atoms with E-state index in [0.29, 0.717) is 23.3 Å². The van der Waals surface area contributed by atoms with Crippen molar-refractivity contribution < 1.29 is 9.53 Å². The lowest BCUT2D eigenvalue weighted by molar-refractivity contribution is -0.130. The van der Waals surface area contributed by atoms with Gasteiger partial charge in [0.05, 0.1) is 6.10 Å². The first-order valence-corrected chi connectivity index (χ1v) is 6.71. The molecule has 2 unspecified atom stereocenters. The predicted octanol–water partition coefficient (Wildman–Crippen LogP) is 1.94. The Kier molecular flexibility index (Phi) is 4.03. The average molecular weight is 276 g/mol. The summed E-state index contributed by atoms with van der Waals surface area (Å²) in [5.41, 5.74) is 0. The molecule has 0 aromatic carbocycles. The summed E-state index contributed by atoms with van der Waals surface area (Å²) in [5.74, 6) is 0.299. The maximum Gasteiger partial charge on any atom is 0.222 e. The number of carbonyl (C=O) groups excluding carboxylic acids is 1. The fraction of sp³-hybridized carbons (Fsp3) is 0.909. The van der Waals surface area contributed by atoms with Crippen molar-refractivity contribution in [3.63, 3.8) is 0 Å². The fourth-order valence-electron chi connectivity index (χ4n) is 2.26. The zero-order valence-corrected chi connectivity index (χ0v) is 10.5. The zero-order chi connectivity index (χ0) is 10.7. The topological polar surface area (TPSA) is 29.5 Å². The third kappa shape index (κ3) is 3.18. The Morgan fingerprint density at radius 2 is 2.33 bits per heavy atom. The number of rotatable bonds is 3. The summed E-state index contributed by atoms with van der Waals surface area (Å²) in [6.45, 7) is 2.68. The quantitative estimate of drug-likeness (QED) is 0.737. The van der Waals surface area contributed by atoms with Crippen molar-refractivity contribution in [2.45, 2.75) is 43.0 Å². The third-order valence-electron chi connectivity index (χ3n) is 3.19. The molecule has 2 fully saturated rings. The molecule has 3 nitrogen and oxygen atoms in total. The molecule has 0 aromatic heterocycles. The van der Waals surface area contributed by atoms with Gasteiger partial charge in [0.1, 0.15) is 0 Å². The second-order valence-corrected chi connectivity index (χ2v) is 5.69. The van der Waals surface area contributed by atoms with Gasteiger partial charge in [0.2, 0.25) is 5.91 Å². The van der Waals surface area contributed by atoms with Crippen molar-refractivity contribution in [3.8, 4) is 0 Å². The number of hydrogen-bond donors (Lipinski definition) is 0. The molecule has 0 saturated carbocycles. The Morgan fingerprint density at radius 1 is 1.47 bits per heavy atom. The summed E-state index contributed by atoms with van der Waals surface area (Å²) in [6, 6.07) is 0. The molecule has 2 aliphatic rings. The molecule has 0 aromatic rings. The molecule has 2 aliphatic heterocycles. The van der Waals surface area contributed by atoms with E-state index in [-0.39, 0.29) is 0 Å². The van der Waals surface area contributed by atoms with E-state index in [1.54, 1.807) is 0 Å². The lowest BCUT2D eigenvalue weighted by Gasteiger charge is -2.16. The number of alkyl halides is 1. The minimum atomic E-state index is 0.299. The first kappa shape index (κ1) is 11.4. The number of carbonyl (C=O) groups is 1. The van der Waals surface area contributed by atoms with Gasteiger partial charge in [0.15, 0.2) is 0 Å². The molecule has 2 atom stereocenters. The monoisotopic (exact) mass is 275 g/mol. The van der Waals surface area contributed by atoms with Crippen molar-refractivity contribution >= 4 is 21.8 Å². The minimum Gasteiger partial charge on any atom is -0.378 e. The smallest absolute Gasteiger partial charge is 0.222 e. The van der Waals surface area contributed by atoms with Gasteiger partial charge < -0.3 is 9.64 Å². The highest BCUT2D eigenvalue weighted by molar-refractivity contribution is 9.09. The Bertz CT molecular complexity index is 229. The fourth-order valence-corrected chi connectivity index (χ4v) is 2.81. The summed E-state index contributed by atoms with van der Waals surface area (Å²) >= 11 is 3.55. The van der Waals surface area contributed by atoms with E-state index < -0.39 is 0 Å². The molecule has 2 rings (SSSR count). The highest BCUT2D eigenvalue weighted by Gasteiger charge is 2.25. The van der Waals surface area contributed by atoms with Crippen LogP contribution >= 0.6 is 15.9 Å². The zero-order valence-electron chi connectivity index (χ0n) is 8.95. The van der Waals surface area contributed by atoms with Crippen LogP contribution in [0.3, 0.4) is 0 Å². The van der Waals surface area contributed by atoms with Crippen molar-refractivity contribution in [2.75, 3.05) is 19.7 Å². The molecule has 4 heteroatoms. The predicted molar refractivity (Wildman–Crippen MR) is 62.1 cm³/mol. The van der Waals surface area contributed by atoms with Crippen LogP contribution in [0.1, 0.15) is 32.1 Å². The van der Waals surface area contributed by atoms with E-state index in [1.165, 1.54) is 0 Å². The van der Waals surface area contributed by atoms with E-state index >= 15 is 0 Å². The third-order valence-corrected chi connectivity index (χ3v) is 3.94. The van der Waals surface area contributed by atoms with Crippen LogP contribution in [0.5, 0.6) is 0 Å². The van der Waals surface area contributed by atoms with E-state index in [4.69, 9.17) is 4.74 Å². The number of hydrogen-bond acceptors (Lipinski definition) is 2. The van der Waals surface area contributed by atoms with Crippen LogP contribution < -0.4 is 0 Å². The van der Waals surface area contributed by atoms with Crippen LogP contribution in [0.15, 0.2) is 0 Å². The SMILES string of the molecule is O=C(CCC1CCCO1)N1CCC(Br)C1. The summed E-state index contributed by atoms with van der Waals surface area (Å²) in [5, 5.41) is 0. The summed E-state index contributed by atoms with van der Waals surface area (Å²) in [7, 11) is 0. The summed E-state index contributed by atoms with van der Waals surface area (Å²) < 4.78 is 5.51. The Morgan fingerprint density at radius 3 is 2.93 bits per heavy atom. The number of halogens is 1. The average Bonchev–Trinajstić information content (AvgIpc) is 2.84. The molecule has 0 N–H and O–H groups in total. The van der Waals surface area contributed by atoms with Gasteiger partial charge in [-0.2, -0.15) is 0 Å². The van der Waals surface area contributed by atoms with E-state index in [1.807, 2.05) is 4.90 Å². The first-order chi connectivity index (χ1) is 7.25. The lowest BCUT2D eigenvalue weighted by Crippen LogP contribution is -2.29.